The molecule has 0 radical (unpaired) electrons. The van der Waals surface area contributed by atoms with E-state index in [0.717, 1.165) is 11.1 Å². The van der Waals surface area contributed by atoms with Crippen molar-refractivity contribution in [1.29, 1.82) is 0 Å². The quantitative estimate of drug-likeness (QED) is 0.600. The molecule has 1 fully saturated rings. The highest BCUT2D eigenvalue weighted by molar-refractivity contribution is 6.30. The van der Waals surface area contributed by atoms with Gasteiger partial charge in [-0.05, 0) is 36.6 Å². The van der Waals surface area contributed by atoms with Crippen molar-refractivity contribution >= 4 is 29.4 Å². The zero-order valence-corrected chi connectivity index (χ0v) is 14.7. The molecule has 0 unspecified atom stereocenters. The number of amides is 1. The largest absolute Gasteiger partial charge is 0.339 e. The molecule has 0 atom stereocenters. The van der Waals surface area contributed by atoms with Crippen molar-refractivity contribution in [2.45, 2.75) is 12.8 Å². The Morgan fingerprint density at radius 1 is 0.960 bits per heavy atom. The lowest BCUT2D eigenvalue weighted by Gasteiger charge is -2.30. The van der Waals surface area contributed by atoms with Crippen LogP contribution in [0, 0.1) is 5.92 Å². The minimum atomic E-state index is -0.0134. The van der Waals surface area contributed by atoms with Crippen molar-refractivity contribution < 1.29 is 9.59 Å². The van der Waals surface area contributed by atoms with E-state index < -0.39 is 0 Å². The van der Waals surface area contributed by atoms with Crippen molar-refractivity contribution in [2.75, 3.05) is 13.1 Å². The van der Waals surface area contributed by atoms with Crippen LogP contribution in [0.3, 0.4) is 0 Å². The third kappa shape index (κ3) is 4.58. The molecule has 1 aliphatic rings. The second kappa shape index (κ2) is 8.13. The van der Waals surface area contributed by atoms with Gasteiger partial charge in [0, 0.05) is 35.7 Å². The van der Waals surface area contributed by atoms with E-state index in [0.29, 0.717) is 31.0 Å². The number of Topliss-reactive ketones (excluding diaryl/α,β-unsaturated/α-hetero) is 1. The van der Waals surface area contributed by atoms with Crippen LogP contribution in [0.5, 0.6) is 0 Å². The molecule has 1 heterocycles. The summed E-state index contributed by atoms with van der Waals surface area (Å²) < 4.78 is 0. The molecule has 1 amide bonds. The lowest BCUT2D eigenvalue weighted by molar-refractivity contribution is -0.127. The monoisotopic (exact) mass is 353 g/mol. The molecule has 0 spiro atoms. The van der Waals surface area contributed by atoms with E-state index >= 15 is 0 Å². The normalized spacial score (nSPS) is 15.5. The third-order valence-electron chi connectivity index (χ3n) is 4.52. The number of carbonyl (C=O) groups is 2. The Hall–Kier alpha value is -2.39. The number of carbonyl (C=O) groups excluding carboxylic acids is 2. The number of benzene rings is 2. The van der Waals surface area contributed by atoms with Crippen molar-refractivity contribution in [2.24, 2.45) is 5.92 Å². The van der Waals surface area contributed by atoms with E-state index in [-0.39, 0.29) is 17.6 Å². The molecule has 2 aromatic carbocycles. The standard InChI is InChI=1S/C21H20ClNO2/c22-19-9-6-16(7-10-19)8-11-20(24)23-14-12-18(13-15-23)21(25)17-4-2-1-3-5-17/h1-11,18H,12-15H2/b11-8+. The zero-order chi connectivity index (χ0) is 17.6. The summed E-state index contributed by atoms with van der Waals surface area (Å²) >= 11 is 5.85. The topological polar surface area (TPSA) is 37.4 Å². The summed E-state index contributed by atoms with van der Waals surface area (Å²) in [6.07, 6.45) is 4.81. The number of halogens is 1. The molecule has 1 saturated heterocycles. The molecule has 3 nitrogen and oxygen atoms in total. The van der Waals surface area contributed by atoms with Crippen LogP contribution >= 0.6 is 11.6 Å². The fourth-order valence-electron chi connectivity index (χ4n) is 3.05. The number of piperidine rings is 1. The van der Waals surface area contributed by atoms with Gasteiger partial charge in [-0.2, -0.15) is 0 Å². The van der Waals surface area contributed by atoms with E-state index in [9.17, 15) is 9.59 Å². The maximum absolute atomic E-state index is 12.5. The van der Waals surface area contributed by atoms with Crippen molar-refractivity contribution in [3.8, 4) is 0 Å². The van der Waals surface area contributed by atoms with Crippen LogP contribution < -0.4 is 0 Å². The van der Waals surface area contributed by atoms with E-state index in [1.807, 2.05) is 42.5 Å². The van der Waals surface area contributed by atoms with Crippen molar-refractivity contribution in [3.63, 3.8) is 0 Å². The van der Waals surface area contributed by atoms with E-state index in [2.05, 4.69) is 0 Å². The molecule has 0 saturated carbocycles. The summed E-state index contributed by atoms with van der Waals surface area (Å²) in [5.41, 5.74) is 1.70. The first-order valence-electron chi connectivity index (χ1n) is 8.45. The highest BCUT2D eigenvalue weighted by Gasteiger charge is 2.27. The third-order valence-corrected chi connectivity index (χ3v) is 4.78. The van der Waals surface area contributed by atoms with Crippen molar-refractivity contribution in [1.82, 2.24) is 4.90 Å². The first kappa shape index (κ1) is 17.4. The highest BCUT2D eigenvalue weighted by atomic mass is 35.5. The van der Waals surface area contributed by atoms with Gasteiger partial charge in [-0.1, -0.05) is 54.1 Å². The van der Waals surface area contributed by atoms with Gasteiger partial charge in [-0.3, -0.25) is 9.59 Å². The van der Waals surface area contributed by atoms with Gasteiger partial charge in [-0.15, -0.1) is 0 Å². The Labute approximate surface area is 152 Å². The lowest BCUT2D eigenvalue weighted by atomic mass is 9.89. The summed E-state index contributed by atoms with van der Waals surface area (Å²) in [7, 11) is 0. The maximum atomic E-state index is 12.5. The number of hydrogen-bond acceptors (Lipinski definition) is 2. The predicted molar refractivity (Wildman–Crippen MR) is 101 cm³/mol. The Kier molecular flexibility index (Phi) is 5.67. The molecule has 0 aromatic heterocycles. The molecular formula is C21H20ClNO2. The number of ketones is 1. The Balaban J connectivity index is 1.54. The van der Waals surface area contributed by atoms with Crippen LogP contribution in [-0.2, 0) is 4.79 Å². The second-order valence-corrected chi connectivity index (χ2v) is 6.65. The zero-order valence-electron chi connectivity index (χ0n) is 13.9. The van der Waals surface area contributed by atoms with Gasteiger partial charge >= 0.3 is 0 Å². The summed E-state index contributed by atoms with van der Waals surface area (Å²) in [6.45, 7) is 1.24. The molecule has 3 rings (SSSR count). The molecule has 25 heavy (non-hydrogen) atoms. The first-order valence-corrected chi connectivity index (χ1v) is 8.83. The average Bonchev–Trinajstić information content (AvgIpc) is 2.67. The molecule has 0 bridgehead atoms. The van der Waals surface area contributed by atoms with Gasteiger partial charge in [-0.25, -0.2) is 0 Å². The summed E-state index contributed by atoms with van der Waals surface area (Å²) in [6, 6.07) is 16.7. The molecule has 1 aliphatic heterocycles. The number of nitrogens with zero attached hydrogens (tertiary/aromatic N) is 1. The van der Waals surface area contributed by atoms with Crippen LogP contribution in [0.25, 0.3) is 6.08 Å². The number of likely N-dealkylation sites (tertiary alicyclic amines) is 1. The fraction of sp³-hybridized carbons (Fsp3) is 0.238. The van der Waals surface area contributed by atoms with Crippen molar-refractivity contribution in [3.05, 3.63) is 76.8 Å². The second-order valence-electron chi connectivity index (χ2n) is 6.21. The van der Waals surface area contributed by atoms with Gasteiger partial charge in [0.15, 0.2) is 5.78 Å². The first-order chi connectivity index (χ1) is 12.1. The van der Waals surface area contributed by atoms with E-state index in [1.165, 1.54) is 0 Å². The predicted octanol–water partition coefficient (Wildman–Crippen LogP) is 4.47. The van der Waals surface area contributed by atoms with Gasteiger partial charge in [0.1, 0.15) is 0 Å². The Bertz CT molecular complexity index is 760. The Morgan fingerprint density at radius 3 is 2.24 bits per heavy atom. The van der Waals surface area contributed by atoms with Gasteiger partial charge in [0.2, 0.25) is 5.91 Å². The minimum absolute atomic E-state index is 0.00620. The SMILES string of the molecule is O=C(c1ccccc1)C1CCN(C(=O)/C=C/c2ccc(Cl)cc2)CC1. The molecular weight excluding hydrogens is 334 g/mol. The van der Waals surface area contributed by atoms with Crippen LogP contribution in [0.15, 0.2) is 60.7 Å². The highest BCUT2D eigenvalue weighted by Crippen LogP contribution is 2.22. The van der Waals surface area contributed by atoms with Crippen LogP contribution in [-0.4, -0.2) is 29.7 Å². The summed E-state index contributed by atoms with van der Waals surface area (Å²) in [5, 5.41) is 0.675. The molecule has 0 aliphatic carbocycles. The maximum Gasteiger partial charge on any atom is 0.246 e. The number of hydrogen-bond donors (Lipinski definition) is 0. The number of rotatable bonds is 4. The fourth-order valence-corrected chi connectivity index (χ4v) is 3.17. The van der Waals surface area contributed by atoms with Gasteiger partial charge < -0.3 is 4.90 Å². The summed E-state index contributed by atoms with van der Waals surface area (Å²) in [5.74, 6) is 0.177. The van der Waals surface area contributed by atoms with Gasteiger partial charge in [0.05, 0.1) is 0 Å². The smallest absolute Gasteiger partial charge is 0.246 e. The minimum Gasteiger partial charge on any atom is -0.339 e. The molecule has 4 heteroatoms. The Morgan fingerprint density at radius 2 is 1.60 bits per heavy atom. The van der Waals surface area contributed by atoms with Gasteiger partial charge in [0.25, 0.3) is 0 Å². The van der Waals surface area contributed by atoms with E-state index in [4.69, 9.17) is 11.6 Å². The van der Waals surface area contributed by atoms with Crippen LogP contribution in [0.1, 0.15) is 28.8 Å². The lowest BCUT2D eigenvalue weighted by Crippen LogP contribution is -2.39. The summed E-state index contributed by atoms with van der Waals surface area (Å²) in [4.78, 5) is 26.6. The van der Waals surface area contributed by atoms with E-state index in [1.54, 1.807) is 29.2 Å². The molecule has 128 valence electrons. The molecule has 2 aromatic rings. The average molecular weight is 354 g/mol. The van der Waals surface area contributed by atoms with Crippen LogP contribution in [0.4, 0.5) is 0 Å². The molecule has 0 N–H and O–H groups in total. The van der Waals surface area contributed by atoms with Crippen LogP contribution in [0.2, 0.25) is 5.02 Å².